The fraction of sp³-hybridized carbons (Fsp3) is 0.381. The van der Waals surface area contributed by atoms with E-state index in [1.54, 1.807) is 14.2 Å². The summed E-state index contributed by atoms with van der Waals surface area (Å²) >= 11 is 0. The highest BCUT2D eigenvalue weighted by Crippen LogP contribution is 2.43. The van der Waals surface area contributed by atoms with E-state index in [0.717, 1.165) is 17.2 Å². The highest BCUT2D eigenvalue weighted by Gasteiger charge is 2.45. The smallest absolute Gasteiger partial charge is 0.148 e. The van der Waals surface area contributed by atoms with E-state index >= 15 is 0 Å². The number of hydrogen-bond acceptors (Lipinski definition) is 4. The molecule has 1 unspecified atom stereocenters. The Labute approximate surface area is 149 Å². The number of oxime groups is 1. The first-order valence-corrected chi connectivity index (χ1v) is 8.46. The molecule has 25 heavy (non-hydrogen) atoms. The number of benzene rings is 2. The van der Waals surface area contributed by atoms with Crippen LogP contribution in [0.3, 0.4) is 0 Å². The van der Waals surface area contributed by atoms with Gasteiger partial charge in [-0.25, -0.2) is 0 Å². The summed E-state index contributed by atoms with van der Waals surface area (Å²) in [5.74, 6) is 1.75. The van der Waals surface area contributed by atoms with Gasteiger partial charge in [0, 0.05) is 11.3 Å². The molecule has 2 aromatic rings. The van der Waals surface area contributed by atoms with E-state index < -0.39 is 0 Å². The van der Waals surface area contributed by atoms with E-state index in [1.165, 1.54) is 11.1 Å². The normalized spacial score (nSPS) is 18.6. The predicted octanol–water partition coefficient (Wildman–Crippen LogP) is 4.64. The maximum atomic E-state index is 5.89. The molecule has 3 rings (SSSR count). The first-order valence-electron chi connectivity index (χ1n) is 8.46. The van der Waals surface area contributed by atoms with Crippen molar-refractivity contribution in [3.8, 4) is 11.5 Å². The molecule has 1 atom stereocenters. The largest absolute Gasteiger partial charge is 0.497 e. The van der Waals surface area contributed by atoms with Gasteiger partial charge in [-0.15, -0.1) is 0 Å². The zero-order valence-electron chi connectivity index (χ0n) is 15.4. The molecular formula is C21H25NO3. The first-order chi connectivity index (χ1) is 12.0. The second kappa shape index (κ2) is 6.79. The monoisotopic (exact) mass is 339 g/mol. The molecule has 0 bridgehead atoms. The van der Waals surface area contributed by atoms with Crippen molar-refractivity contribution in [3.63, 3.8) is 0 Å². The lowest BCUT2D eigenvalue weighted by Crippen LogP contribution is -2.36. The highest BCUT2D eigenvalue weighted by molar-refractivity contribution is 5.88. The van der Waals surface area contributed by atoms with Crippen molar-refractivity contribution in [2.75, 3.05) is 14.2 Å². The van der Waals surface area contributed by atoms with Crippen LogP contribution in [0.5, 0.6) is 11.5 Å². The Morgan fingerprint density at radius 2 is 1.32 bits per heavy atom. The second-order valence-electron chi connectivity index (χ2n) is 6.95. The predicted molar refractivity (Wildman–Crippen MR) is 99.6 cm³/mol. The molecular weight excluding hydrogens is 314 g/mol. The minimum Gasteiger partial charge on any atom is -0.497 e. The van der Waals surface area contributed by atoms with Crippen LogP contribution in [0.25, 0.3) is 0 Å². The van der Waals surface area contributed by atoms with Gasteiger partial charge in [-0.3, -0.25) is 0 Å². The second-order valence-corrected chi connectivity index (χ2v) is 6.95. The third-order valence-electron chi connectivity index (χ3n) is 5.20. The minimum atomic E-state index is -0.148. The van der Waals surface area contributed by atoms with Gasteiger partial charge in [0.05, 0.1) is 19.9 Å². The standard InChI is InChI=1S/C21H25NO3/c1-14-21(2,3)20(25-22-14)19(15-6-10-17(23-4)11-7-15)16-8-12-18(24-5)13-9-16/h6-13,19-20H,1-5H3. The van der Waals surface area contributed by atoms with Gasteiger partial charge in [0.15, 0.2) is 0 Å². The average molecular weight is 339 g/mol. The van der Waals surface area contributed by atoms with Crippen LogP contribution in [0.2, 0.25) is 0 Å². The zero-order valence-corrected chi connectivity index (χ0v) is 15.4. The van der Waals surface area contributed by atoms with Crippen molar-refractivity contribution in [2.45, 2.75) is 32.8 Å². The molecule has 0 amide bonds. The van der Waals surface area contributed by atoms with Crippen LogP contribution in [-0.4, -0.2) is 26.0 Å². The van der Waals surface area contributed by atoms with Crippen LogP contribution in [0.4, 0.5) is 0 Å². The van der Waals surface area contributed by atoms with Crippen LogP contribution in [0.15, 0.2) is 53.7 Å². The van der Waals surface area contributed by atoms with E-state index in [-0.39, 0.29) is 17.4 Å². The molecule has 0 fully saturated rings. The quantitative estimate of drug-likeness (QED) is 0.797. The third-order valence-corrected chi connectivity index (χ3v) is 5.20. The van der Waals surface area contributed by atoms with Crippen LogP contribution in [0, 0.1) is 5.41 Å². The van der Waals surface area contributed by atoms with Crippen molar-refractivity contribution in [1.82, 2.24) is 0 Å². The molecule has 1 aliphatic heterocycles. The van der Waals surface area contributed by atoms with Gasteiger partial charge in [-0.1, -0.05) is 43.3 Å². The van der Waals surface area contributed by atoms with E-state index in [0.29, 0.717) is 0 Å². The Morgan fingerprint density at radius 1 is 0.880 bits per heavy atom. The average Bonchev–Trinajstić information content (AvgIpc) is 2.90. The molecule has 0 spiro atoms. The Kier molecular flexibility index (Phi) is 4.71. The molecule has 0 N–H and O–H groups in total. The van der Waals surface area contributed by atoms with Crippen molar-refractivity contribution in [1.29, 1.82) is 0 Å². The van der Waals surface area contributed by atoms with Crippen molar-refractivity contribution in [2.24, 2.45) is 10.6 Å². The molecule has 0 saturated carbocycles. The Hall–Kier alpha value is -2.49. The summed E-state index contributed by atoms with van der Waals surface area (Å²) in [7, 11) is 3.35. The van der Waals surface area contributed by atoms with Gasteiger partial charge >= 0.3 is 0 Å². The summed E-state index contributed by atoms with van der Waals surface area (Å²) < 4.78 is 10.6. The Bertz CT molecular complexity index is 700. The highest BCUT2D eigenvalue weighted by atomic mass is 16.6. The van der Waals surface area contributed by atoms with E-state index in [4.69, 9.17) is 14.3 Å². The van der Waals surface area contributed by atoms with Crippen LogP contribution >= 0.6 is 0 Å². The number of rotatable bonds is 5. The number of hydrogen-bond donors (Lipinski definition) is 0. The summed E-state index contributed by atoms with van der Waals surface area (Å²) in [6.07, 6.45) is -0.0747. The summed E-state index contributed by atoms with van der Waals surface area (Å²) in [6, 6.07) is 16.3. The number of ether oxygens (including phenoxy) is 2. The van der Waals surface area contributed by atoms with Crippen LogP contribution < -0.4 is 9.47 Å². The maximum absolute atomic E-state index is 5.89. The molecule has 0 radical (unpaired) electrons. The molecule has 1 aliphatic rings. The molecule has 1 heterocycles. The molecule has 4 nitrogen and oxygen atoms in total. The lowest BCUT2D eigenvalue weighted by atomic mass is 9.72. The third kappa shape index (κ3) is 3.21. The Balaban J connectivity index is 2.04. The van der Waals surface area contributed by atoms with Crippen molar-refractivity contribution < 1.29 is 14.3 Å². The van der Waals surface area contributed by atoms with Crippen molar-refractivity contribution in [3.05, 3.63) is 59.7 Å². The minimum absolute atomic E-state index is 0.0630. The van der Waals surface area contributed by atoms with Crippen molar-refractivity contribution >= 4 is 5.71 Å². The lowest BCUT2D eigenvalue weighted by molar-refractivity contribution is 0.0247. The molecule has 0 aliphatic carbocycles. The topological polar surface area (TPSA) is 40.0 Å². The van der Waals surface area contributed by atoms with Crippen LogP contribution in [-0.2, 0) is 4.84 Å². The van der Waals surface area contributed by atoms with Gasteiger partial charge in [0.2, 0.25) is 0 Å². The summed E-state index contributed by atoms with van der Waals surface area (Å²) in [5.41, 5.74) is 3.22. The maximum Gasteiger partial charge on any atom is 0.148 e. The number of nitrogens with zero attached hydrogens (tertiary/aromatic N) is 1. The van der Waals surface area contributed by atoms with E-state index in [2.05, 4.69) is 43.3 Å². The molecule has 132 valence electrons. The zero-order chi connectivity index (χ0) is 18.0. The summed E-state index contributed by atoms with van der Waals surface area (Å²) in [4.78, 5) is 5.89. The van der Waals surface area contributed by atoms with Gasteiger partial charge in [-0.05, 0) is 42.3 Å². The molecule has 4 heteroatoms. The van der Waals surface area contributed by atoms with Gasteiger partial charge in [-0.2, -0.15) is 0 Å². The fourth-order valence-electron chi connectivity index (χ4n) is 3.23. The molecule has 2 aromatic carbocycles. The first kappa shape index (κ1) is 17.3. The van der Waals surface area contributed by atoms with Crippen LogP contribution in [0.1, 0.15) is 37.8 Å². The summed E-state index contributed by atoms with van der Waals surface area (Å²) in [6.45, 7) is 6.40. The fourth-order valence-corrected chi connectivity index (χ4v) is 3.23. The lowest BCUT2D eigenvalue weighted by Gasteiger charge is -2.32. The molecule has 0 aromatic heterocycles. The van der Waals surface area contributed by atoms with E-state index in [9.17, 15) is 0 Å². The Morgan fingerprint density at radius 3 is 1.64 bits per heavy atom. The molecule has 0 saturated heterocycles. The van der Waals surface area contributed by atoms with Gasteiger partial charge in [0.1, 0.15) is 17.6 Å². The SMILES string of the molecule is COc1ccc(C(c2ccc(OC)cc2)C2ON=C(C)C2(C)C)cc1. The van der Waals surface area contributed by atoms with Gasteiger partial charge in [0.25, 0.3) is 0 Å². The number of methoxy groups -OCH3 is 2. The summed E-state index contributed by atoms with van der Waals surface area (Å²) in [5, 5.41) is 4.28. The van der Waals surface area contributed by atoms with E-state index in [1.807, 2.05) is 31.2 Å². The van der Waals surface area contributed by atoms with Gasteiger partial charge < -0.3 is 14.3 Å².